The first-order valence-corrected chi connectivity index (χ1v) is 15.1. The fraction of sp³-hybridized carbons (Fsp3) is 1.00. The van der Waals surface area contributed by atoms with Crippen molar-refractivity contribution in [3.05, 3.63) is 0 Å². The summed E-state index contributed by atoms with van der Waals surface area (Å²) in [5, 5.41) is 0. The van der Waals surface area contributed by atoms with E-state index in [1.165, 1.54) is 77.0 Å². The van der Waals surface area contributed by atoms with E-state index >= 15 is 0 Å². The van der Waals surface area contributed by atoms with Crippen molar-refractivity contribution in [3.8, 4) is 0 Å². The predicted octanol–water partition coefficient (Wildman–Crippen LogP) is 8.19. The molecule has 5 heteroatoms. The van der Waals surface area contributed by atoms with Crippen LogP contribution >= 0.6 is 0 Å². The van der Waals surface area contributed by atoms with Crippen molar-refractivity contribution >= 4 is 9.84 Å². The normalized spacial score (nSPS) is 14.1. The highest BCUT2D eigenvalue weighted by Crippen LogP contribution is 2.20. The first-order chi connectivity index (χ1) is 15.0. The van der Waals surface area contributed by atoms with Gasteiger partial charge in [-0.2, -0.15) is 0 Å². The van der Waals surface area contributed by atoms with Crippen LogP contribution in [0.2, 0.25) is 0 Å². The maximum atomic E-state index is 13.0. The summed E-state index contributed by atoms with van der Waals surface area (Å²) >= 11 is 0. The van der Waals surface area contributed by atoms with Gasteiger partial charge in [-0.15, -0.1) is 0 Å². The van der Waals surface area contributed by atoms with Gasteiger partial charge in [0.1, 0.15) is 0 Å². The quantitative estimate of drug-likeness (QED) is 0.136. The minimum absolute atomic E-state index is 0.483. The van der Waals surface area contributed by atoms with Gasteiger partial charge < -0.3 is 9.47 Å². The zero-order valence-corrected chi connectivity index (χ0v) is 22.2. The molecule has 2 unspecified atom stereocenters. The van der Waals surface area contributed by atoms with Crippen LogP contribution in [0.1, 0.15) is 143 Å². The van der Waals surface area contributed by atoms with E-state index in [-0.39, 0.29) is 0 Å². The highest BCUT2D eigenvalue weighted by Gasteiger charge is 2.33. The maximum absolute atomic E-state index is 13.0. The molecule has 0 N–H and O–H groups in total. The molecular weight excluding hydrogens is 408 g/mol. The molecule has 0 fully saturated rings. The molecule has 0 saturated heterocycles. The van der Waals surface area contributed by atoms with Crippen LogP contribution in [-0.4, -0.2) is 32.5 Å². The minimum Gasteiger partial charge on any atom is -0.362 e. The Bertz CT molecular complexity index is 428. The molecule has 2 atom stereocenters. The van der Waals surface area contributed by atoms with E-state index in [0.717, 1.165) is 25.7 Å². The Labute approximate surface area is 195 Å². The van der Waals surface area contributed by atoms with Gasteiger partial charge in [0.25, 0.3) is 0 Å². The number of rotatable bonds is 24. The molecule has 0 bridgehead atoms. The highest BCUT2D eigenvalue weighted by molar-refractivity contribution is 7.92. The number of hydrogen-bond acceptors (Lipinski definition) is 4. The fourth-order valence-electron chi connectivity index (χ4n) is 3.96. The zero-order chi connectivity index (χ0) is 23.2. The van der Waals surface area contributed by atoms with E-state index in [0.29, 0.717) is 26.1 Å². The lowest BCUT2D eigenvalue weighted by atomic mass is 10.1. The molecule has 0 aliphatic heterocycles. The standard InChI is InChI=1S/C26H54O4S/c1-5-9-11-13-15-17-19-21-23-29-25(7-3)31(27,28)26(8-4)30-24-22-20-18-16-14-12-10-6-2/h25-26H,5-24H2,1-4H3. The molecule has 31 heavy (non-hydrogen) atoms. The van der Waals surface area contributed by atoms with Gasteiger partial charge in [-0.1, -0.05) is 118 Å². The second kappa shape index (κ2) is 21.7. The second-order valence-corrected chi connectivity index (χ2v) is 11.2. The van der Waals surface area contributed by atoms with E-state index < -0.39 is 20.7 Å². The van der Waals surface area contributed by atoms with Crippen LogP contribution in [0.3, 0.4) is 0 Å². The molecule has 0 aromatic carbocycles. The van der Waals surface area contributed by atoms with Gasteiger partial charge in [-0.05, 0) is 25.7 Å². The van der Waals surface area contributed by atoms with Gasteiger partial charge in [0, 0.05) is 13.2 Å². The van der Waals surface area contributed by atoms with E-state index in [1.54, 1.807) is 0 Å². The Kier molecular flexibility index (Phi) is 21.6. The Morgan fingerprint density at radius 1 is 0.484 bits per heavy atom. The van der Waals surface area contributed by atoms with E-state index in [4.69, 9.17) is 9.47 Å². The second-order valence-electron chi connectivity index (χ2n) is 8.96. The summed E-state index contributed by atoms with van der Waals surface area (Å²) in [4.78, 5) is 0. The highest BCUT2D eigenvalue weighted by atomic mass is 32.2. The van der Waals surface area contributed by atoms with Crippen molar-refractivity contribution in [2.75, 3.05) is 13.2 Å². The van der Waals surface area contributed by atoms with Crippen LogP contribution in [0.25, 0.3) is 0 Å². The molecule has 0 aliphatic rings. The summed E-state index contributed by atoms with van der Waals surface area (Å²) in [6.07, 6.45) is 20.6. The predicted molar refractivity (Wildman–Crippen MR) is 134 cm³/mol. The summed E-state index contributed by atoms with van der Waals surface area (Å²) in [7, 11) is -3.42. The van der Waals surface area contributed by atoms with Crippen molar-refractivity contribution in [2.45, 2.75) is 154 Å². The number of ether oxygens (including phenoxy) is 2. The molecule has 0 aliphatic carbocycles. The van der Waals surface area contributed by atoms with Crippen molar-refractivity contribution in [1.29, 1.82) is 0 Å². The van der Waals surface area contributed by atoms with Crippen LogP contribution in [0.5, 0.6) is 0 Å². The molecule has 0 heterocycles. The molecule has 0 aromatic heterocycles. The molecule has 188 valence electrons. The number of sulfone groups is 1. The Balaban J connectivity index is 4.06. The molecule has 4 nitrogen and oxygen atoms in total. The van der Waals surface area contributed by atoms with Crippen LogP contribution in [0.15, 0.2) is 0 Å². The lowest BCUT2D eigenvalue weighted by Gasteiger charge is -2.23. The summed E-state index contributed by atoms with van der Waals surface area (Å²) < 4.78 is 37.6. The number of hydrogen-bond donors (Lipinski definition) is 0. The monoisotopic (exact) mass is 462 g/mol. The lowest BCUT2D eigenvalue weighted by molar-refractivity contribution is 0.0733. The van der Waals surface area contributed by atoms with Crippen LogP contribution in [-0.2, 0) is 19.3 Å². The van der Waals surface area contributed by atoms with Crippen LogP contribution < -0.4 is 0 Å². The summed E-state index contributed by atoms with van der Waals surface area (Å²) in [5.74, 6) is 0. The van der Waals surface area contributed by atoms with Crippen molar-refractivity contribution < 1.29 is 17.9 Å². The summed E-state index contributed by atoms with van der Waals surface area (Å²) in [5.41, 5.74) is -1.47. The Morgan fingerprint density at radius 2 is 0.774 bits per heavy atom. The molecule has 0 radical (unpaired) electrons. The van der Waals surface area contributed by atoms with Crippen LogP contribution in [0, 0.1) is 0 Å². The molecule has 0 amide bonds. The zero-order valence-electron chi connectivity index (χ0n) is 21.3. The Morgan fingerprint density at radius 3 is 1.06 bits per heavy atom. The van der Waals surface area contributed by atoms with Gasteiger partial charge >= 0.3 is 0 Å². The van der Waals surface area contributed by atoms with Gasteiger partial charge in [0.05, 0.1) is 0 Å². The lowest BCUT2D eigenvalue weighted by Crippen LogP contribution is -2.35. The van der Waals surface area contributed by atoms with Gasteiger partial charge in [-0.3, -0.25) is 0 Å². The molecule has 0 rings (SSSR count). The molecule has 0 spiro atoms. The first kappa shape index (κ1) is 30.9. The van der Waals surface area contributed by atoms with Crippen molar-refractivity contribution in [3.63, 3.8) is 0 Å². The van der Waals surface area contributed by atoms with E-state index in [2.05, 4.69) is 13.8 Å². The number of unbranched alkanes of at least 4 members (excludes halogenated alkanes) is 14. The summed E-state index contributed by atoms with van der Waals surface area (Å²) in [6.45, 7) is 9.31. The first-order valence-electron chi connectivity index (χ1n) is 13.5. The third-order valence-corrected chi connectivity index (χ3v) is 8.41. The van der Waals surface area contributed by atoms with Crippen molar-refractivity contribution in [1.82, 2.24) is 0 Å². The van der Waals surface area contributed by atoms with Gasteiger partial charge in [-0.25, -0.2) is 8.42 Å². The van der Waals surface area contributed by atoms with Crippen molar-refractivity contribution in [2.24, 2.45) is 0 Å². The van der Waals surface area contributed by atoms with Gasteiger partial charge in [0.15, 0.2) is 10.9 Å². The molecular formula is C26H54O4S. The van der Waals surface area contributed by atoms with Gasteiger partial charge in [0.2, 0.25) is 9.84 Å². The Hall–Kier alpha value is -0.130. The summed E-state index contributed by atoms with van der Waals surface area (Å²) in [6, 6.07) is 0. The van der Waals surface area contributed by atoms with E-state index in [1.807, 2.05) is 13.8 Å². The maximum Gasteiger partial charge on any atom is 0.203 e. The largest absolute Gasteiger partial charge is 0.362 e. The third-order valence-electron chi connectivity index (χ3n) is 6.00. The fourth-order valence-corrected chi connectivity index (χ4v) is 5.80. The topological polar surface area (TPSA) is 52.6 Å². The average Bonchev–Trinajstić information content (AvgIpc) is 2.76. The average molecular weight is 463 g/mol. The smallest absolute Gasteiger partial charge is 0.203 e. The molecule has 0 aromatic rings. The van der Waals surface area contributed by atoms with E-state index in [9.17, 15) is 8.42 Å². The van der Waals surface area contributed by atoms with Crippen LogP contribution in [0.4, 0.5) is 0 Å². The molecule has 0 saturated carbocycles. The minimum atomic E-state index is -3.42. The SMILES string of the molecule is CCCCCCCCCCOC(CC)S(=O)(=O)C(CC)OCCCCCCCCCC. The third kappa shape index (κ3) is 16.2.